The minimum atomic E-state index is -4.49. The maximum absolute atomic E-state index is 12.4. The summed E-state index contributed by atoms with van der Waals surface area (Å²) >= 11 is 1.10. The molecule has 0 aliphatic heterocycles. The Hall–Kier alpha value is -1.67. The maximum Gasteiger partial charge on any atom is 0.446 e. The highest BCUT2D eigenvalue weighted by atomic mass is 32.2. The summed E-state index contributed by atoms with van der Waals surface area (Å²) in [5.74, 6) is -0.788. The van der Waals surface area contributed by atoms with E-state index in [1.54, 1.807) is 12.1 Å². The zero-order valence-electron chi connectivity index (χ0n) is 11.9. The molecule has 1 heterocycles. The highest BCUT2D eigenvalue weighted by Gasteiger charge is 2.29. The summed E-state index contributed by atoms with van der Waals surface area (Å²) < 4.78 is 37.3. The van der Waals surface area contributed by atoms with Crippen LogP contribution in [0.2, 0.25) is 0 Å². The standard InChI is InChI=1S/C15H12F3NO2S2/c1-2-22-12-4-3-7-19-13(12)10-6-5-9(23-15(16,17)18)8-11(10)14(20)21/h3-8H,2H2,1H3,(H,20,21)/p-1. The van der Waals surface area contributed by atoms with Crippen molar-refractivity contribution in [2.24, 2.45) is 0 Å². The van der Waals surface area contributed by atoms with Gasteiger partial charge in [0.05, 0.1) is 11.7 Å². The van der Waals surface area contributed by atoms with Crippen LogP contribution in [0.3, 0.4) is 0 Å². The monoisotopic (exact) mass is 358 g/mol. The average Bonchev–Trinajstić information content (AvgIpc) is 2.46. The number of nitrogens with zero attached hydrogens (tertiary/aromatic N) is 1. The van der Waals surface area contributed by atoms with E-state index >= 15 is 0 Å². The lowest BCUT2D eigenvalue weighted by molar-refractivity contribution is -0.255. The number of rotatable bonds is 5. The second kappa shape index (κ2) is 7.27. The molecule has 0 radical (unpaired) electrons. The number of carbonyl (C=O) groups is 1. The first-order chi connectivity index (χ1) is 10.8. The number of thioether (sulfide) groups is 2. The van der Waals surface area contributed by atoms with Crippen LogP contribution in [0, 0.1) is 0 Å². The molecule has 8 heteroatoms. The number of carbonyl (C=O) groups excluding carboxylic acids is 1. The topological polar surface area (TPSA) is 53.0 Å². The van der Waals surface area contributed by atoms with Gasteiger partial charge in [-0.3, -0.25) is 4.98 Å². The molecule has 0 aliphatic rings. The summed E-state index contributed by atoms with van der Waals surface area (Å²) in [6.07, 6.45) is 1.51. The average molecular weight is 358 g/mol. The van der Waals surface area contributed by atoms with Crippen LogP contribution in [0.15, 0.2) is 46.3 Å². The molecule has 1 aromatic heterocycles. The second-order valence-corrected chi connectivity index (χ2v) is 6.77. The number of aromatic nitrogens is 1. The van der Waals surface area contributed by atoms with E-state index in [1.807, 2.05) is 6.92 Å². The lowest BCUT2D eigenvalue weighted by atomic mass is 10.0. The normalized spacial score (nSPS) is 11.5. The third kappa shape index (κ3) is 4.65. The smallest absolute Gasteiger partial charge is 0.446 e. The van der Waals surface area contributed by atoms with E-state index in [1.165, 1.54) is 30.1 Å². The number of alkyl halides is 3. The predicted molar refractivity (Wildman–Crippen MR) is 82.3 cm³/mol. The van der Waals surface area contributed by atoms with Gasteiger partial charge in [-0.25, -0.2) is 0 Å². The summed E-state index contributed by atoms with van der Waals surface area (Å²) in [6, 6.07) is 7.04. The van der Waals surface area contributed by atoms with E-state index in [9.17, 15) is 23.1 Å². The van der Waals surface area contributed by atoms with E-state index < -0.39 is 11.5 Å². The van der Waals surface area contributed by atoms with Gasteiger partial charge in [-0.05, 0) is 41.8 Å². The molecule has 0 fully saturated rings. The largest absolute Gasteiger partial charge is 0.545 e. The fourth-order valence-corrected chi connectivity index (χ4v) is 3.33. The SMILES string of the molecule is CCSc1cccnc1-c1ccc(SC(F)(F)F)cc1C(=O)[O-]. The number of pyridine rings is 1. The number of hydrogen-bond acceptors (Lipinski definition) is 5. The molecule has 0 bridgehead atoms. The first-order valence-corrected chi connectivity index (χ1v) is 8.31. The molecule has 3 nitrogen and oxygen atoms in total. The maximum atomic E-state index is 12.4. The molecule has 122 valence electrons. The Morgan fingerprint density at radius 1 is 1.30 bits per heavy atom. The number of benzene rings is 1. The highest BCUT2D eigenvalue weighted by Crippen LogP contribution is 2.39. The zero-order valence-corrected chi connectivity index (χ0v) is 13.5. The first kappa shape index (κ1) is 17.7. The molecule has 23 heavy (non-hydrogen) atoms. The highest BCUT2D eigenvalue weighted by molar-refractivity contribution is 8.00. The molecule has 0 saturated carbocycles. The van der Waals surface area contributed by atoms with Crippen LogP contribution in [0.1, 0.15) is 17.3 Å². The van der Waals surface area contributed by atoms with Crippen molar-refractivity contribution in [1.82, 2.24) is 4.98 Å². The van der Waals surface area contributed by atoms with E-state index in [2.05, 4.69) is 4.98 Å². The Labute approximate surface area is 139 Å². The summed E-state index contributed by atoms with van der Waals surface area (Å²) in [4.78, 5) is 16.1. The predicted octanol–water partition coefficient (Wildman–Crippen LogP) is 3.84. The molecular formula is C15H11F3NO2S2-. The zero-order chi connectivity index (χ0) is 17.0. The summed E-state index contributed by atoms with van der Waals surface area (Å²) in [7, 11) is 0. The van der Waals surface area contributed by atoms with Crippen molar-refractivity contribution in [2.75, 3.05) is 5.75 Å². The minimum Gasteiger partial charge on any atom is -0.545 e. The van der Waals surface area contributed by atoms with Gasteiger partial charge in [0.2, 0.25) is 0 Å². The summed E-state index contributed by atoms with van der Waals surface area (Å²) in [5.41, 5.74) is -4.13. The van der Waals surface area contributed by atoms with Gasteiger partial charge in [-0.2, -0.15) is 13.2 Å². The Bertz CT molecular complexity index is 720. The van der Waals surface area contributed by atoms with Crippen LogP contribution in [-0.2, 0) is 0 Å². The van der Waals surface area contributed by atoms with E-state index in [-0.39, 0.29) is 27.8 Å². The van der Waals surface area contributed by atoms with E-state index in [0.717, 1.165) is 16.7 Å². The van der Waals surface area contributed by atoms with Gasteiger partial charge in [0.1, 0.15) is 0 Å². The lowest BCUT2D eigenvalue weighted by Gasteiger charge is -2.15. The Morgan fingerprint density at radius 3 is 2.65 bits per heavy atom. The van der Waals surface area contributed by atoms with Gasteiger partial charge >= 0.3 is 5.51 Å². The fraction of sp³-hybridized carbons (Fsp3) is 0.200. The van der Waals surface area contributed by atoms with Crippen molar-refractivity contribution < 1.29 is 23.1 Å². The molecule has 0 N–H and O–H groups in total. The molecule has 1 aromatic carbocycles. The molecule has 2 rings (SSSR count). The molecule has 0 aliphatic carbocycles. The molecule has 0 atom stereocenters. The molecule has 2 aromatic rings. The van der Waals surface area contributed by atoms with Gasteiger partial charge in [0.25, 0.3) is 0 Å². The quantitative estimate of drug-likeness (QED) is 0.760. The van der Waals surface area contributed by atoms with Crippen molar-refractivity contribution in [1.29, 1.82) is 0 Å². The van der Waals surface area contributed by atoms with Crippen LogP contribution in [0.4, 0.5) is 13.2 Å². The molecule has 0 spiro atoms. The van der Waals surface area contributed by atoms with Gasteiger partial charge in [0.15, 0.2) is 0 Å². The minimum absolute atomic E-state index is 0.207. The van der Waals surface area contributed by atoms with Gasteiger partial charge in [-0.15, -0.1) is 11.8 Å². The number of carboxylic acids is 1. The van der Waals surface area contributed by atoms with Crippen LogP contribution in [0.25, 0.3) is 11.3 Å². The third-order valence-electron chi connectivity index (χ3n) is 2.77. The van der Waals surface area contributed by atoms with Gasteiger partial charge in [0, 0.05) is 27.1 Å². The first-order valence-electron chi connectivity index (χ1n) is 6.51. The fourth-order valence-electron chi connectivity index (χ4n) is 1.96. The molecule has 0 saturated heterocycles. The molecule has 0 unspecified atom stereocenters. The summed E-state index contributed by atoms with van der Waals surface area (Å²) in [5, 5.41) is 11.3. The van der Waals surface area contributed by atoms with E-state index in [4.69, 9.17) is 0 Å². The number of halogens is 3. The van der Waals surface area contributed by atoms with Crippen LogP contribution in [0.5, 0.6) is 0 Å². The van der Waals surface area contributed by atoms with Crippen molar-refractivity contribution in [2.45, 2.75) is 22.2 Å². The van der Waals surface area contributed by atoms with Gasteiger partial charge < -0.3 is 9.90 Å². The van der Waals surface area contributed by atoms with E-state index in [0.29, 0.717) is 5.69 Å². The molecule has 0 amide bonds. The van der Waals surface area contributed by atoms with Crippen LogP contribution < -0.4 is 5.11 Å². The molecular weight excluding hydrogens is 347 g/mol. The number of aromatic carboxylic acids is 1. The number of carboxylic acid groups (broad SMARTS) is 1. The van der Waals surface area contributed by atoms with Gasteiger partial charge in [-0.1, -0.05) is 13.0 Å². The number of hydrogen-bond donors (Lipinski definition) is 0. The van der Waals surface area contributed by atoms with Crippen molar-refractivity contribution >= 4 is 29.5 Å². The Morgan fingerprint density at radius 2 is 2.04 bits per heavy atom. The second-order valence-electron chi connectivity index (χ2n) is 4.33. The summed E-state index contributed by atoms with van der Waals surface area (Å²) in [6.45, 7) is 1.93. The van der Waals surface area contributed by atoms with Crippen LogP contribution in [-0.4, -0.2) is 22.2 Å². The van der Waals surface area contributed by atoms with Crippen LogP contribution >= 0.6 is 23.5 Å². The Balaban J connectivity index is 2.53. The lowest BCUT2D eigenvalue weighted by Crippen LogP contribution is -2.23. The van der Waals surface area contributed by atoms with Crippen molar-refractivity contribution in [3.63, 3.8) is 0 Å². The van der Waals surface area contributed by atoms with Crippen molar-refractivity contribution in [3.05, 3.63) is 42.1 Å². The Kier molecular flexibility index (Phi) is 5.59. The van der Waals surface area contributed by atoms with Crippen molar-refractivity contribution in [3.8, 4) is 11.3 Å². The third-order valence-corrected chi connectivity index (χ3v) is 4.42.